The van der Waals surface area contributed by atoms with Crippen molar-refractivity contribution < 1.29 is 9.47 Å². The van der Waals surface area contributed by atoms with E-state index < -0.39 is 0 Å². The monoisotopic (exact) mass is 228 g/mol. The van der Waals surface area contributed by atoms with Crippen LogP contribution in [0.1, 0.15) is 12.8 Å². The summed E-state index contributed by atoms with van der Waals surface area (Å²) < 4.78 is 10.9. The van der Waals surface area contributed by atoms with E-state index in [2.05, 4.69) is 22.8 Å². The van der Waals surface area contributed by atoms with Crippen molar-refractivity contribution in [2.45, 2.75) is 12.8 Å². The van der Waals surface area contributed by atoms with E-state index in [-0.39, 0.29) is 0 Å². The molecule has 0 fully saturated rings. The fourth-order valence-electron chi connectivity index (χ4n) is 1.46. The van der Waals surface area contributed by atoms with Gasteiger partial charge < -0.3 is 20.1 Å². The summed E-state index contributed by atoms with van der Waals surface area (Å²) in [5, 5.41) is 6.72. The summed E-state index contributed by atoms with van der Waals surface area (Å²) >= 11 is 0. The van der Waals surface area contributed by atoms with Crippen molar-refractivity contribution in [3.63, 3.8) is 0 Å². The molecule has 16 heavy (non-hydrogen) atoms. The van der Waals surface area contributed by atoms with Crippen LogP contribution in [0.5, 0.6) is 0 Å². The predicted octanol–water partition coefficient (Wildman–Crippen LogP) is 0.549. The Morgan fingerprint density at radius 1 is 0.750 bits per heavy atom. The van der Waals surface area contributed by atoms with Crippen molar-refractivity contribution in [1.29, 1.82) is 0 Å². The molecule has 0 aromatic carbocycles. The number of ether oxygens (including phenoxy) is 2. The van der Waals surface area contributed by atoms with Crippen LogP contribution < -0.4 is 10.6 Å². The molecule has 1 aliphatic heterocycles. The molecule has 4 nitrogen and oxygen atoms in total. The summed E-state index contributed by atoms with van der Waals surface area (Å²) in [6.07, 6.45) is 6.37. The lowest BCUT2D eigenvalue weighted by Gasteiger charge is -2.07. The number of hydrogen-bond acceptors (Lipinski definition) is 4. The van der Waals surface area contributed by atoms with Gasteiger partial charge in [-0.2, -0.15) is 0 Å². The number of rotatable bonds is 0. The molecule has 1 aliphatic rings. The minimum absolute atomic E-state index is 0.708. The SMILES string of the molecule is C1=C/CNCCNCCCOCCOCC/1. The van der Waals surface area contributed by atoms with Crippen LogP contribution in [0.4, 0.5) is 0 Å². The van der Waals surface area contributed by atoms with Gasteiger partial charge in [0, 0.05) is 26.2 Å². The Morgan fingerprint density at radius 2 is 1.56 bits per heavy atom. The maximum atomic E-state index is 5.44. The fraction of sp³-hybridized carbons (Fsp3) is 0.833. The molecule has 0 unspecified atom stereocenters. The molecule has 1 heterocycles. The van der Waals surface area contributed by atoms with Crippen molar-refractivity contribution in [3.05, 3.63) is 12.2 Å². The second kappa shape index (κ2) is 11.1. The Bertz CT molecular complexity index is 156. The van der Waals surface area contributed by atoms with Crippen LogP contribution in [-0.2, 0) is 9.47 Å². The van der Waals surface area contributed by atoms with E-state index >= 15 is 0 Å². The summed E-state index contributed by atoms with van der Waals surface area (Å²) in [5.41, 5.74) is 0. The highest BCUT2D eigenvalue weighted by Gasteiger charge is 1.92. The van der Waals surface area contributed by atoms with Crippen molar-refractivity contribution in [3.8, 4) is 0 Å². The molecule has 0 aromatic rings. The van der Waals surface area contributed by atoms with E-state index in [9.17, 15) is 0 Å². The molecule has 4 heteroatoms. The van der Waals surface area contributed by atoms with E-state index in [0.29, 0.717) is 13.2 Å². The van der Waals surface area contributed by atoms with Crippen molar-refractivity contribution in [2.75, 3.05) is 52.6 Å². The van der Waals surface area contributed by atoms with Gasteiger partial charge in [-0.05, 0) is 19.4 Å². The minimum Gasteiger partial charge on any atom is -0.379 e. The molecule has 1 rings (SSSR count). The van der Waals surface area contributed by atoms with Crippen LogP contribution >= 0.6 is 0 Å². The van der Waals surface area contributed by atoms with Gasteiger partial charge in [0.2, 0.25) is 0 Å². The third-order valence-corrected chi connectivity index (χ3v) is 2.35. The van der Waals surface area contributed by atoms with Gasteiger partial charge >= 0.3 is 0 Å². The first kappa shape index (κ1) is 13.6. The molecule has 0 aromatic heterocycles. The third-order valence-electron chi connectivity index (χ3n) is 2.35. The maximum Gasteiger partial charge on any atom is 0.0700 e. The summed E-state index contributed by atoms with van der Waals surface area (Å²) in [6, 6.07) is 0. The Balaban J connectivity index is 2.07. The number of hydrogen-bond donors (Lipinski definition) is 2. The second-order valence-corrected chi connectivity index (χ2v) is 3.79. The van der Waals surface area contributed by atoms with Gasteiger partial charge in [0.1, 0.15) is 0 Å². The van der Waals surface area contributed by atoms with Gasteiger partial charge in [-0.1, -0.05) is 12.2 Å². The smallest absolute Gasteiger partial charge is 0.0700 e. The summed E-state index contributed by atoms with van der Waals surface area (Å²) in [4.78, 5) is 0. The third kappa shape index (κ3) is 8.85. The Kier molecular flexibility index (Phi) is 9.45. The quantitative estimate of drug-likeness (QED) is 0.594. The van der Waals surface area contributed by atoms with Crippen molar-refractivity contribution in [2.24, 2.45) is 0 Å². The molecule has 0 saturated heterocycles. The van der Waals surface area contributed by atoms with Crippen molar-refractivity contribution >= 4 is 0 Å². The highest BCUT2D eigenvalue weighted by Crippen LogP contribution is 1.87. The second-order valence-electron chi connectivity index (χ2n) is 3.79. The Hall–Kier alpha value is -0.420. The Morgan fingerprint density at radius 3 is 2.50 bits per heavy atom. The zero-order chi connectivity index (χ0) is 11.3. The maximum absolute atomic E-state index is 5.44. The average molecular weight is 228 g/mol. The van der Waals surface area contributed by atoms with Crippen LogP contribution in [0, 0.1) is 0 Å². The molecule has 0 spiro atoms. The summed E-state index contributed by atoms with van der Waals surface area (Å²) in [6.45, 7) is 7.05. The minimum atomic E-state index is 0.708. The highest BCUT2D eigenvalue weighted by molar-refractivity contribution is 4.83. The molecular formula is C12H24N2O2. The number of nitrogens with one attached hydrogen (secondary N) is 2. The Labute approximate surface area is 98.4 Å². The lowest BCUT2D eigenvalue weighted by atomic mass is 10.4. The standard InChI is InChI=1S/C12H24N2O2/c1-2-5-13-7-8-14-6-4-10-16-12-11-15-9-3-1/h1-2,13-14H,3-12H2/b2-1+. The lowest BCUT2D eigenvalue weighted by Crippen LogP contribution is -2.28. The summed E-state index contributed by atoms with van der Waals surface area (Å²) in [5.74, 6) is 0. The molecule has 94 valence electrons. The van der Waals surface area contributed by atoms with E-state index in [1.807, 2.05) is 0 Å². The highest BCUT2D eigenvalue weighted by atomic mass is 16.5. The van der Waals surface area contributed by atoms with E-state index in [4.69, 9.17) is 9.47 Å². The molecule has 0 radical (unpaired) electrons. The van der Waals surface area contributed by atoms with Gasteiger partial charge in [0.15, 0.2) is 0 Å². The molecular weight excluding hydrogens is 204 g/mol. The van der Waals surface area contributed by atoms with Crippen molar-refractivity contribution in [1.82, 2.24) is 10.6 Å². The van der Waals surface area contributed by atoms with Gasteiger partial charge in [-0.3, -0.25) is 0 Å². The van der Waals surface area contributed by atoms with Crippen LogP contribution in [0.3, 0.4) is 0 Å². The van der Waals surface area contributed by atoms with Gasteiger partial charge in [-0.25, -0.2) is 0 Å². The molecule has 0 bridgehead atoms. The zero-order valence-corrected chi connectivity index (χ0v) is 10.0. The molecule has 2 N–H and O–H groups in total. The first-order chi connectivity index (χ1) is 8.00. The van der Waals surface area contributed by atoms with Crippen LogP contribution in [-0.4, -0.2) is 52.6 Å². The zero-order valence-electron chi connectivity index (χ0n) is 10.0. The molecule has 0 amide bonds. The lowest BCUT2D eigenvalue weighted by molar-refractivity contribution is 0.0486. The predicted molar refractivity (Wildman–Crippen MR) is 65.8 cm³/mol. The van der Waals surface area contributed by atoms with Gasteiger partial charge in [0.05, 0.1) is 19.8 Å². The van der Waals surface area contributed by atoms with Crippen LogP contribution in [0.2, 0.25) is 0 Å². The molecule has 0 saturated carbocycles. The molecule has 0 atom stereocenters. The average Bonchev–Trinajstić information content (AvgIpc) is 2.29. The largest absolute Gasteiger partial charge is 0.379 e. The van der Waals surface area contributed by atoms with Gasteiger partial charge in [0.25, 0.3) is 0 Å². The fourth-order valence-corrected chi connectivity index (χ4v) is 1.46. The van der Waals surface area contributed by atoms with E-state index in [1.54, 1.807) is 0 Å². The summed E-state index contributed by atoms with van der Waals surface area (Å²) in [7, 11) is 0. The normalized spacial score (nSPS) is 25.0. The first-order valence-electron chi connectivity index (χ1n) is 6.22. The van der Waals surface area contributed by atoms with Crippen LogP contribution in [0.15, 0.2) is 12.2 Å². The molecule has 0 aliphatic carbocycles. The first-order valence-corrected chi connectivity index (χ1v) is 6.22. The van der Waals surface area contributed by atoms with E-state index in [1.165, 1.54) is 0 Å². The van der Waals surface area contributed by atoms with Crippen LogP contribution in [0.25, 0.3) is 0 Å². The topological polar surface area (TPSA) is 42.5 Å². The van der Waals surface area contributed by atoms with E-state index in [0.717, 1.165) is 52.2 Å². The van der Waals surface area contributed by atoms with Gasteiger partial charge in [-0.15, -0.1) is 0 Å².